The van der Waals surface area contributed by atoms with Gasteiger partial charge in [-0.15, -0.1) is 0 Å². The molecule has 0 saturated heterocycles. The molecular formula is C26H44NNaO3. The second-order valence-corrected chi connectivity index (χ2v) is 8.56. The number of rotatable bonds is 19. The molecule has 1 amide bonds. The van der Waals surface area contributed by atoms with Crippen molar-refractivity contribution in [1.29, 1.82) is 0 Å². The molecule has 0 unspecified atom stereocenters. The molecular weight excluding hydrogens is 397 g/mol. The van der Waals surface area contributed by atoms with E-state index in [0.29, 0.717) is 6.42 Å². The fourth-order valence-corrected chi connectivity index (χ4v) is 4.14. The van der Waals surface area contributed by atoms with E-state index in [1.54, 1.807) is 6.07 Å². The van der Waals surface area contributed by atoms with E-state index in [0.717, 1.165) is 18.4 Å². The zero-order valence-corrected chi connectivity index (χ0v) is 19.1. The maximum atomic E-state index is 11.7. The van der Waals surface area contributed by atoms with Crippen LogP contribution in [0.1, 0.15) is 136 Å². The zero-order valence-electron chi connectivity index (χ0n) is 19.1. The first-order valence-electron chi connectivity index (χ1n) is 12.2. The number of unbranched alkanes of at least 4 members (excludes halogenated alkanes) is 15. The van der Waals surface area contributed by atoms with Crippen molar-refractivity contribution in [3.63, 3.8) is 0 Å². The van der Waals surface area contributed by atoms with E-state index in [1.165, 1.54) is 96.0 Å². The molecule has 0 fully saturated rings. The summed E-state index contributed by atoms with van der Waals surface area (Å²) < 4.78 is 0. The Bertz CT molecular complexity index is 619. The van der Waals surface area contributed by atoms with Gasteiger partial charge in [0.1, 0.15) is 0 Å². The van der Waals surface area contributed by atoms with Gasteiger partial charge < -0.3 is 10.8 Å². The number of hydrogen-bond donors (Lipinski definition) is 2. The first-order valence-corrected chi connectivity index (χ1v) is 12.2. The third-order valence-electron chi connectivity index (χ3n) is 5.93. The monoisotopic (exact) mass is 441 g/mol. The summed E-state index contributed by atoms with van der Waals surface area (Å²) in [5, 5.41) is 9.24. The molecule has 1 aromatic carbocycles. The molecule has 0 aliphatic heterocycles. The van der Waals surface area contributed by atoms with Gasteiger partial charge in [-0.25, -0.2) is 4.79 Å². The predicted octanol–water partition coefficient (Wildman–Crippen LogP) is 6.64. The molecule has 5 heteroatoms. The van der Waals surface area contributed by atoms with Gasteiger partial charge in [0.25, 0.3) is 0 Å². The summed E-state index contributed by atoms with van der Waals surface area (Å²) in [6.07, 6.45) is 21.8. The van der Waals surface area contributed by atoms with E-state index >= 15 is 0 Å². The number of carboxylic acids is 1. The average molecular weight is 442 g/mol. The number of carbonyl (C=O) groups excluding carboxylic acids is 1. The molecule has 0 radical (unpaired) electrons. The molecule has 172 valence electrons. The van der Waals surface area contributed by atoms with Crippen LogP contribution in [0.25, 0.3) is 0 Å². The van der Waals surface area contributed by atoms with Gasteiger partial charge in [-0.05, 0) is 24.5 Å². The van der Waals surface area contributed by atoms with Gasteiger partial charge in [0.2, 0.25) is 5.91 Å². The molecule has 1 aromatic rings. The van der Waals surface area contributed by atoms with Crippen LogP contribution in [0.5, 0.6) is 0 Å². The van der Waals surface area contributed by atoms with Gasteiger partial charge >= 0.3 is 35.5 Å². The molecule has 0 atom stereocenters. The van der Waals surface area contributed by atoms with Crippen LogP contribution in [0.3, 0.4) is 0 Å². The van der Waals surface area contributed by atoms with E-state index in [4.69, 9.17) is 5.73 Å². The Morgan fingerprint density at radius 2 is 1.16 bits per heavy atom. The summed E-state index contributed by atoms with van der Waals surface area (Å²) in [5.74, 6) is -1.75. The van der Waals surface area contributed by atoms with Crippen molar-refractivity contribution in [3.05, 3.63) is 34.9 Å². The average Bonchev–Trinajstić information content (AvgIpc) is 2.73. The van der Waals surface area contributed by atoms with Crippen molar-refractivity contribution in [2.45, 2.75) is 116 Å². The summed E-state index contributed by atoms with van der Waals surface area (Å²) in [6, 6.07) is 4.95. The van der Waals surface area contributed by atoms with Crippen molar-refractivity contribution in [2.24, 2.45) is 5.73 Å². The Morgan fingerprint density at radius 3 is 1.55 bits per heavy atom. The van der Waals surface area contributed by atoms with Gasteiger partial charge in [-0.3, -0.25) is 4.79 Å². The van der Waals surface area contributed by atoms with Crippen molar-refractivity contribution in [2.75, 3.05) is 0 Å². The summed E-state index contributed by atoms with van der Waals surface area (Å²) >= 11 is 0. The van der Waals surface area contributed by atoms with E-state index in [9.17, 15) is 14.7 Å². The van der Waals surface area contributed by atoms with Gasteiger partial charge in [0.05, 0.1) is 11.1 Å². The number of benzene rings is 1. The number of nitrogens with two attached hydrogens (primary N) is 1. The SMILES string of the molecule is CCCCCCCCCCCCCCCCCCc1cccc(C(=O)O)c1C(N)=O.[NaH]. The number of amides is 1. The quantitative estimate of drug-likeness (QED) is 0.186. The number of carbonyl (C=O) groups is 2. The Hall–Kier alpha value is -0.840. The molecule has 4 nitrogen and oxygen atoms in total. The molecule has 0 spiro atoms. The van der Waals surface area contributed by atoms with Crippen LogP contribution in [-0.2, 0) is 6.42 Å². The summed E-state index contributed by atoms with van der Waals surface area (Å²) in [6.45, 7) is 2.27. The van der Waals surface area contributed by atoms with Crippen molar-refractivity contribution in [3.8, 4) is 0 Å². The zero-order chi connectivity index (χ0) is 22.0. The molecule has 1 rings (SSSR count). The third kappa shape index (κ3) is 14.0. The number of aromatic carboxylic acids is 1. The van der Waals surface area contributed by atoms with Crippen LogP contribution in [-0.4, -0.2) is 46.5 Å². The number of carboxylic acid groups (broad SMARTS) is 1. The molecule has 0 aromatic heterocycles. The summed E-state index contributed by atoms with van der Waals surface area (Å²) in [4.78, 5) is 23.0. The fourth-order valence-electron chi connectivity index (χ4n) is 4.14. The minimum atomic E-state index is -1.10. The first-order chi connectivity index (χ1) is 14.6. The van der Waals surface area contributed by atoms with Gasteiger partial charge in [-0.2, -0.15) is 0 Å². The molecule has 0 aliphatic rings. The molecule has 31 heavy (non-hydrogen) atoms. The molecule has 0 saturated carbocycles. The normalized spacial score (nSPS) is 10.6. The van der Waals surface area contributed by atoms with Crippen LogP contribution in [0, 0.1) is 0 Å². The van der Waals surface area contributed by atoms with Gasteiger partial charge in [0.15, 0.2) is 0 Å². The standard InChI is InChI=1S/C26H43NO3.Na.H/c1-2-3-4-5-6-7-8-9-10-11-12-13-14-15-16-17-19-22-20-18-21-23(26(29)30)24(22)25(27)28;;/h18,20-21H,2-17,19H2,1H3,(H2,27,28)(H,29,30);;. The second-order valence-electron chi connectivity index (χ2n) is 8.56. The molecule has 0 aliphatic carbocycles. The van der Waals surface area contributed by atoms with E-state index < -0.39 is 11.9 Å². The maximum absolute atomic E-state index is 11.7. The third-order valence-corrected chi connectivity index (χ3v) is 5.93. The van der Waals surface area contributed by atoms with Crippen molar-refractivity contribution < 1.29 is 14.7 Å². The van der Waals surface area contributed by atoms with Gasteiger partial charge in [0, 0.05) is 0 Å². The summed E-state index contributed by atoms with van der Waals surface area (Å²) in [5.41, 5.74) is 6.35. The number of hydrogen-bond acceptors (Lipinski definition) is 2. The summed E-state index contributed by atoms with van der Waals surface area (Å²) in [7, 11) is 0. The topological polar surface area (TPSA) is 80.4 Å². The van der Waals surface area contributed by atoms with Crippen LogP contribution in [0.15, 0.2) is 18.2 Å². The van der Waals surface area contributed by atoms with E-state index in [-0.39, 0.29) is 40.7 Å². The number of aryl methyl sites for hydroxylation is 1. The Labute approximate surface area is 212 Å². The molecule has 0 bridgehead atoms. The predicted molar refractivity (Wildman–Crippen MR) is 132 cm³/mol. The minimum absolute atomic E-state index is 0. The van der Waals surface area contributed by atoms with Crippen LogP contribution in [0.2, 0.25) is 0 Å². The Kier molecular flexibility index (Phi) is 19.3. The Morgan fingerprint density at radius 1 is 0.742 bits per heavy atom. The molecule has 3 N–H and O–H groups in total. The van der Waals surface area contributed by atoms with Crippen molar-refractivity contribution >= 4 is 41.4 Å². The fraction of sp³-hybridized carbons (Fsp3) is 0.692. The van der Waals surface area contributed by atoms with Crippen LogP contribution >= 0.6 is 0 Å². The first kappa shape index (κ1) is 30.2. The van der Waals surface area contributed by atoms with Gasteiger partial charge in [-0.1, -0.05) is 115 Å². The van der Waals surface area contributed by atoms with E-state index in [1.807, 2.05) is 6.07 Å². The second kappa shape index (κ2) is 19.8. The Balaban J connectivity index is 0.00000900. The van der Waals surface area contributed by atoms with Crippen LogP contribution in [0.4, 0.5) is 0 Å². The number of primary amides is 1. The van der Waals surface area contributed by atoms with E-state index in [2.05, 4.69) is 6.92 Å². The van der Waals surface area contributed by atoms with Crippen molar-refractivity contribution in [1.82, 2.24) is 0 Å². The van der Waals surface area contributed by atoms with Crippen LogP contribution < -0.4 is 5.73 Å². The molecule has 0 heterocycles.